The summed E-state index contributed by atoms with van der Waals surface area (Å²) >= 11 is 1.71. The molecule has 0 bridgehead atoms. The summed E-state index contributed by atoms with van der Waals surface area (Å²) in [5.74, 6) is 2.14. The first-order valence-electron chi connectivity index (χ1n) is 5.94. The third kappa shape index (κ3) is 2.96. The lowest BCUT2D eigenvalue weighted by atomic mass is 9.91. The SMILES string of the molecule is CC1=NC(=O)C(C#N)=C(C)C1CSCc1ccco1. The minimum Gasteiger partial charge on any atom is -0.468 e. The largest absolute Gasteiger partial charge is 0.468 e. The van der Waals surface area contributed by atoms with Crippen molar-refractivity contribution in [3.63, 3.8) is 0 Å². The number of thioether (sulfide) groups is 1. The summed E-state index contributed by atoms with van der Waals surface area (Å²) in [7, 11) is 0. The summed E-state index contributed by atoms with van der Waals surface area (Å²) < 4.78 is 5.27. The van der Waals surface area contributed by atoms with E-state index in [2.05, 4.69) is 4.99 Å². The summed E-state index contributed by atoms with van der Waals surface area (Å²) in [4.78, 5) is 15.5. The van der Waals surface area contributed by atoms with Crippen LogP contribution >= 0.6 is 11.8 Å². The molecule has 19 heavy (non-hydrogen) atoms. The molecule has 98 valence electrons. The molecule has 2 heterocycles. The normalized spacial score (nSPS) is 19.3. The topological polar surface area (TPSA) is 66.4 Å². The second kappa shape index (κ2) is 5.89. The highest BCUT2D eigenvalue weighted by molar-refractivity contribution is 7.98. The number of hydrogen-bond acceptors (Lipinski definition) is 4. The maximum absolute atomic E-state index is 11.6. The Kier molecular flexibility index (Phi) is 4.23. The molecule has 0 fully saturated rings. The van der Waals surface area contributed by atoms with Crippen LogP contribution in [0.25, 0.3) is 0 Å². The van der Waals surface area contributed by atoms with E-state index in [-0.39, 0.29) is 11.5 Å². The summed E-state index contributed by atoms with van der Waals surface area (Å²) in [5, 5.41) is 8.99. The van der Waals surface area contributed by atoms with E-state index < -0.39 is 5.91 Å². The monoisotopic (exact) mass is 274 g/mol. The van der Waals surface area contributed by atoms with Gasteiger partial charge in [-0.3, -0.25) is 4.79 Å². The molecule has 0 N–H and O–H groups in total. The number of carbonyl (C=O) groups is 1. The zero-order valence-corrected chi connectivity index (χ0v) is 11.7. The van der Waals surface area contributed by atoms with Crippen molar-refractivity contribution in [1.82, 2.24) is 0 Å². The summed E-state index contributed by atoms with van der Waals surface area (Å²) in [6.07, 6.45) is 1.65. The first-order chi connectivity index (χ1) is 9.13. The molecule has 0 radical (unpaired) electrons. The van der Waals surface area contributed by atoms with Crippen LogP contribution in [0.3, 0.4) is 0 Å². The molecule has 1 aromatic heterocycles. The molecule has 1 aliphatic heterocycles. The van der Waals surface area contributed by atoms with Gasteiger partial charge in [0.1, 0.15) is 17.4 Å². The lowest BCUT2D eigenvalue weighted by molar-refractivity contribution is -0.114. The maximum atomic E-state index is 11.6. The number of hydrogen-bond donors (Lipinski definition) is 0. The smallest absolute Gasteiger partial charge is 0.287 e. The molecule has 0 saturated heterocycles. The third-order valence-electron chi connectivity index (χ3n) is 3.13. The predicted molar refractivity (Wildman–Crippen MR) is 74.8 cm³/mol. The van der Waals surface area contributed by atoms with Gasteiger partial charge in [0.2, 0.25) is 0 Å². The molecule has 1 amide bonds. The number of rotatable bonds is 4. The highest BCUT2D eigenvalue weighted by Crippen LogP contribution is 2.27. The zero-order valence-electron chi connectivity index (χ0n) is 10.8. The van der Waals surface area contributed by atoms with Crippen molar-refractivity contribution in [1.29, 1.82) is 5.26 Å². The molecular weight excluding hydrogens is 260 g/mol. The van der Waals surface area contributed by atoms with Crippen molar-refractivity contribution in [2.75, 3.05) is 5.75 Å². The Bertz CT molecular complexity index is 579. The number of dihydropyridines is 1. The van der Waals surface area contributed by atoms with Gasteiger partial charge in [-0.2, -0.15) is 17.0 Å². The van der Waals surface area contributed by atoms with Crippen LogP contribution in [0.1, 0.15) is 19.6 Å². The van der Waals surface area contributed by atoms with E-state index in [9.17, 15) is 4.79 Å². The van der Waals surface area contributed by atoms with Gasteiger partial charge in [0.05, 0.1) is 12.0 Å². The first kappa shape index (κ1) is 13.6. The zero-order chi connectivity index (χ0) is 13.8. The molecule has 0 aromatic carbocycles. The number of aliphatic imine (C=N–C) groups is 1. The summed E-state index contributed by atoms with van der Waals surface area (Å²) in [5.41, 5.74) is 1.80. The molecule has 0 aliphatic carbocycles. The van der Waals surface area contributed by atoms with Crippen molar-refractivity contribution in [2.45, 2.75) is 19.6 Å². The lowest BCUT2D eigenvalue weighted by Crippen LogP contribution is -2.24. The van der Waals surface area contributed by atoms with Gasteiger partial charge >= 0.3 is 0 Å². The van der Waals surface area contributed by atoms with Crippen LogP contribution in [-0.2, 0) is 10.5 Å². The molecule has 2 rings (SSSR count). The third-order valence-corrected chi connectivity index (χ3v) is 4.19. The number of allylic oxidation sites excluding steroid dienone is 1. The minimum atomic E-state index is -0.412. The maximum Gasteiger partial charge on any atom is 0.287 e. The molecule has 0 saturated carbocycles. The van der Waals surface area contributed by atoms with Gasteiger partial charge in [-0.15, -0.1) is 0 Å². The van der Waals surface area contributed by atoms with Gasteiger partial charge in [0.15, 0.2) is 0 Å². The summed E-state index contributed by atoms with van der Waals surface area (Å²) in [6.45, 7) is 3.68. The predicted octanol–water partition coefficient (Wildman–Crippen LogP) is 2.97. The fourth-order valence-electron chi connectivity index (χ4n) is 2.00. The van der Waals surface area contributed by atoms with Crippen molar-refractivity contribution >= 4 is 23.4 Å². The summed E-state index contributed by atoms with van der Waals surface area (Å²) in [6, 6.07) is 5.75. The van der Waals surface area contributed by atoms with E-state index >= 15 is 0 Å². The van der Waals surface area contributed by atoms with E-state index in [0.717, 1.165) is 28.6 Å². The van der Waals surface area contributed by atoms with Crippen LogP contribution in [-0.4, -0.2) is 17.4 Å². The van der Waals surface area contributed by atoms with E-state index in [1.165, 1.54) is 0 Å². The fourth-order valence-corrected chi connectivity index (χ4v) is 3.21. The Morgan fingerprint density at radius 2 is 2.32 bits per heavy atom. The number of nitriles is 1. The van der Waals surface area contributed by atoms with Crippen molar-refractivity contribution in [3.8, 4) is 6.07 Å². The Morgan fingerprint density at radius 1 is 1.53 bits per heavy atom. The van der Waals surface area contributed by atoms with E-state index in [1.54, 1.807) is 18.0 Å². The molecule has 4 nitrogen and oxygen atoms in total. The molecule has 1 aliphatic rings. The highest BCUT2D eigenvalue weighted by atomic mass is 32.2. The quantitative estimate of drug-likeness (QED) is 0.846. The number of amides is 1. The van der Waals surface area contributed by atoms with Gasteiger partial charge in [0.25, 0.3) is 5.91 Å². The number of nitrogens with zero attached hydrogens (tertiary/aromatic N) is 2. The number of furan rings is 1. The standard InChI is InChI=1S/C14H14N2O2S/c1-9-12(6-15)14(17)16-10(2)13(9)8-19-7-11-4-3-5-18-11/h3-5,13H,7-8H2,1-2H3. The van der Waals surface area contributed by atoms with Crippen molar-refractivity contribution < 1.29 is 9.21 Å². The van der Waals surface area contributed by atoms with Crippen LogP contribution in [0, 0.1) is 17.2 Å². The lowest BCUT2D eigenvalue weighted by Gasteiger charge is -2.21. The number of carbonyl (C=O) groups excluding carboxylic acids is 1. The molecule has 0 spiro atoms. The van der Waals surface area contributed by atoms with Gasteiger partial charge < -0.3 is 4.42 Å². The minimum absolute atomic E-state index is 0.0623. The van der Waals surface area contributed by atoms with Gasteiger partial charge in [-0.25, -0.2) is 4.99 Å². The molecular formula is C14H14N2O2S. The average Bonchev–Trinajstić information content (AvgIpc) is 2.86. The van der Waals surface area contributed by atoms with Crippen LogP contribution in [0.4, 0.5) is 0 Å². The molecule has 1 atom stereocenters. The van der Waals surface area contributed by atoms with Crippen LogP contribution in [0.5, 0.6) is 0 Å². The van der Waals surface area contributed by atoms with Crippen LogP contribution in [0.15, 0.2) is 39.0 Å². The van der Waals surface area contributed by atoms with Crippen LogP contribution in [0.2, 0.25) is 0 Å². The van der Waals surface area contributed by atoms with Gasteiger partial charge in [-0.05, 0) is 31.6 Å². The second-order valence-electron chi connectivity index (χ2n) is 4.38. The van der Waals surface area contributed by atoms with Gasteiger partial charge in [0, 0.05) is 17.4 Å². The fraction of sp³-hybridized carbons (Fsp3) is 0.357. The Hall–Kier alpha value is -1.80. The van der Waals surface area contributed by atoms with E-state index in [0.29, 0.717) is 0 Å². The highest BCUT2D eigenvalue weighted by Gasteiger charge is 2.26. The molecule has 1 aromatic rings. The van der Waals surface area contributed by atoms with E-state index in [1.807, 2.05) is 32.0 Å². The van der Waals surface area contributed by atoms with Gasteiger partial charge in [-0.1, -0.05) is 0 Å². The van der Waals surface area contributed by atoms with E-state index in [4.69, 9.17) is 9.68 Å². The Labute approximate surface area is 116 Å². The Balaban J connectivity index is 2.03. The van der Waals surface area contributed by atoms with Crippen molar-refractivity contribution in [3.05, 3.63) is 35.3 Å². The molecule has 1 unspecified atom stereocenters. The second-order valence-corrected chi connectivity index (χ2v) is 5.41. The molecule has 5 heteroatoms. The Morgan fingerprint density at radius 3 is 2.95 bits per heavy atom. The van der Waals surface area contributed by atoms with Crippen molar-refractivity contribution in [2.24, 2.45) is 10.9 Å². The average molecular weight is 274 g/mol. The van der Waals surface area contributed by atoms with Crippen LogP contribution < -0.4 is 0 Å². The first-order valence-corrected chi connectivity index (χ1v) is 7.09.